The number of aryl methyl sites for hydroxylation is 1. The van der Waals surface area contributed by atoms with Gasteiger partial charge in [-0.3, -0.25) is 4.90 Å². The molecular formula is C17H24FN3O. The van der Waals surface area contributed by atoms with Crippen molar-refractivity contribution in [3.8, 4) is 0 Å². The van der Waals surface area contributed by atoms with E-state index in [1.54, 1.807) is 6.07 Å². The van der Waals surface area contributed by atoms with Crippen LogP contribution in [0.4, 0.5) is 4.39 Å². The highest BCUT2D eigenvalue weighted by molar-refractivity contribution is 5.76. The molecule has 5 heteroatoms. The van der Waals surface area contributed by atoms with Crippen molar-refractivity contribution in [1.82, 2.24) is 14.5 Å². The first-order valence-corrected chi connectivity index (χ1v) is 8.10. The molecule has 1 aromatic heterocycles. The Kier molecular flexibility index (Phi) is 4.45. The minimum absolute atomic E-state index is 0.176. The van der Waals surface area contributed by atoms with Crippen LogP contribution in [0.3, 0.4) is 0 Å². The number of benzene rings is 1. The summed E-state index contributed by atoms with van der Waals surface area (Å²) < 4.78 is 16.0. The van der Waals surface area contributed by atoms with Gasteiger partial charge in [-0.1, -0.05) is 12.5 Å². The van der Waals surface area contributed by atoms with Crippen molar-refractivity contribution in [2.45, 2.75) is 45.4 Å². The zero-order valence-electron chi connectivity index (χ0n) is 13.3. The zero-order valence-corrected chi connectivity index (χ0v) is 13.3. The van der Waals surface area contributed by atoms with Gasteiger partial charge in [-0.05, 0) is 44.9 Å². The summed E-state index contributed by atoms with van der Waals surface area (Å²) >= 11 is 0. The van der Waals surface area contributed by atoms with Crippen molar-refractivity contribution < 1.29 is 9.50 Å². The number of halogens is 1. The number of nitrogens with zero attached hydrogens (tertiary/aromatic N) is 3. The lowest BCUT2D eigenvalue weighted by Gasteiger charge is -2.23. The van der Waals surface area contributed by atoms with Crippen molar-refractivity contribution in [2.75, 3.05) is 13.6 Å². The Hall–Kier alpha value is -1.46. The van der Waals surface area contributed by atoms with Crippen molar-refractivity contribution in [3.63, 3.8) is 0 Å². The van der Waals surface area contributed by atoms with E-state index in [4.69, 9.17) is 0 Å². The number of fused-ring (bicyclic) bond motifs is 1. The van der Waals surface area contributed by atoms with Gasteiger partial charge < -0.3 is 9.67 Å². The second-order valence-corrected chi connectivity index (χ2v) is 6.33. The molecule has 1 fully saturated rings. The lowest BCUT2D eigenvalue weighted by molar-refractivity contribution is 0.107. The maximum atomic E-state index is 13.9. The molecule has 120 valence electrons. The van der Waals surface area contributed by atoms with Gasteiger partial charge in [0.15, 0.2) is 5.82 Å². The third-order valence-corrected chi connectivity index (χ3v) is 4.70. The molecule has 0 amide bonds. The maximum absolute atomic E-state index is 13.9. The normalized spacial score (nSPS) is 22.0. The summed E-state index contributed by atoms with van der Waals surface area (Å²) in [6.45, 7) is 4.35. The number of aromatic nitrogens is 2. The van der Waals surface area contributed by atoms with Crippen molar-refractivity contribution in [2.24, 2.45) is 5.92 Å². The van der Waals surface area contributed by atoms with E-state index in [0.29, 0.717) is 18.0 Å². The second kappa shape index (κ2) is 6.34. The van der Waals surface area contributed by atoms with Gasteiger partial charge in [0.1, 0.15) is 11.3 Å². The Morgan fingerprint density at radius 1 is 1.41 bits per heavy atom. The molecule has 1 heterocycles. The van der Waals surface area contributed by atoms with Gasteiger partial charge in [0.05, 0.1) is 18.2 Å². The molecule has 0 spiro atoms. The minimum Gasteiger partial charge on any atom is -0.393 e. The molecular weight excluding hydrogens is 281 g/mol. The first-order valence-electron chi connectivity index (χ1n) is 8.10. The minimum atomic E-state index is -0.264. The highest BCUT2D eigenvalue weighted by atomic mass is 19.1. The van der Waals surface area contributed by atoms with Crippen LogP contribution in [-0.2, 0) is 13.1 Å². The van der Waals surface area contributed by atoms with Gasteiger partial charge in [0, 0.05) is 13.1 Å². The third-order valence-electron chi connectivity index (χ3n) is 4.70. The fraction of sp³-hybridized carbons (Fsp3) is 0.588. The van der Waals surface area contributed by atoms with Crippen LogP contribution in [-0.4, -0.2) is 39.3 Å². The van der Waals surface area contributed by atoms with Gasteiger partial charge in [0.2, 0.25) is 0 Å². The lowest BCUT2D eigenvalue weighted by Crippen LogP contribution is -2.30. The number of aliphatic hydroxyl groups excluding tert-OH is 1. The monoisotopic (exact) mass is 305 g/mol. The van der Waals surface area contributed by atoms with Crippen LogP contribution in [0.15, 0.2) is 18.2 Å². The molecule has 2 atom stereocenters. The molecule has 0 bridgehead atoms. The fourth-order valence-electron chi connectivity index (χ4n) is 3.57. The average Bonchev–Trinajstić information content (AvgIpc) is 3.03. The van der Waals surface area contributed by atoms with E-state index in [9.17, 15) is 9.50 Å². The highest BCUT2D eigenvalue weighted by Gasteiger charge is 2.26. The Labute approximate surface area is 130 Å². The first kappa shape index (κ1) is 15.4. The molecule has 2 aromatic rings. The molecule has 0 radical (unpaired) electrons. The number of imidazole rings is 1. The van der Waals surface area contributed by atoms with E-state index in [1.807, 2.05) is 13.1 Å². The summed E-state index contributed by atoms with van der Waals surface area (Å²) in [5, 5.41) is 9.96. The van der Waals surface area contributed by atoms with Crippen LogP contribution >= 0.6 is 0 Å². The number of aliphatic hydroxyl groups is 1. The van der Waals surface area contributed by atoms with Crippen molar-refractivity contribution in [3.05, 3.63) is 29.8 Å². The summed E-state index contributed by atoms with van der Waals surface area (Å²) in [5.41, 5.74) is 1.31. The van der Waals surface area contributed by atoms with Gasteiger partial charge in [-0.15, -0.1) is 0 Å². The summed E-state index contributed by atoms with van der Waals surface area (Å²) in [7, 11) is 2.04. The molecule has 2 unspecified atom stereocenters. The molecule has 1 N–H and O–H groups in total. The largest absolute Gasteiger partial charge is 0.393 e. The molecule has 3 rings (SSSR count). The Bertz CT molecular complexity index is 655. The second-order valence-electron chi connectivity index (χ2n) is 6.33. The standard InChI is InChI=1S/C17H24FN3O/c1-3-21-14-8-5-7-13(18)17(14)19-16(21)11-20(2)10-12-6-4-9-15(12)22/h5,7-8,12,15,22H,3-4,6,9-11H2,1-2H3. The average molecular weight is 305 g/mol. The summed E-state index contributed by atoms with van der Waals surface area (Å²) in [6, 6.07) is 5.10. The molecule has 1 aliphatic rings. The molecule has 4 nitrogen and oxygen atoms in total. The van der Waals surface area contributed by atoms with Crippen LogP contribution in [0.2, 0.25) is 0 Å². The van der Waals surface area contributed by atoms with Crippen LogP contribution in [0.1, 0.15) is 32.0 Å². The number of hydrogen-bond acceptors (Lipinski definition) is 3. The van der Waals surface area contributed by atoms with E-state index >= 15 is 0 Å². The van der Waals surface area contributed by atoms with Gasteiger partial charge in [0.25, 0.3) is 0 Å². The van der Waals surface area contributed by atoms with E-state index in [-0.39, 0.29) is 11.9 Å². The Morgan fingerprint density at radius 2 is 2.23 bits per heavy atom. The topological polar surface area (TPSA) is 41.3 Å². The number of rotatable bonds is 5. The Morgan fingerprint density at radius 3 is 2.91 bits per heavy atom. The maximum Gasteiger partial charge on any atom is 0.151 e. The van der Waals surface area contributed by atoms with Crippen LogP contribution in [0.25, 0.3) is 11.0 Å². The quantitative estimate of drug-likeness (QED) is 0.923. The first-order chi connectivity index (χ1) is 10.6. The summed E-state index contributed by atoms with van der Waals surface area (Å²) in [5.74, 6) is 0.971. The predicted molar refractivity (Wildman–Crippen MR) is 85.0 cm³/mol. The lowest BCUT2D eigenvalue weighted by atomic mass is 10.1. The fourth-order valence-corrected chi connectivity index (χ4v) is 3.57. The molecule has 1 aliphatic carbocycles. The third kappa shape index (κ3) is 2.88. The van der Waals surface area contributed by atoms with Crippen LogP contribution < -0.4 is 0 Å². The Balaban J connectivity index is 1.79. The van der Waals surface area contributed by atoms with E-state index in [2.05, 4.69) is 21.4 Å². The van der Waals surface area contributed by atoms with Crippen molar-refractivity contribution >= 4 is 11.0 Å². The van der Waals surface area contributed by atoms with E-state index in [0.717, 1.165) is 43.7 Å². The molecule has 22 heavy (non-hydrogen) atoms. The van der Waals surface area contributed by atoms with Gasteiger partial charge >= 0.3 is 0 Å². The molecule has 1 saturated carbocycles. The number of hydrogen-bond donors (Lipinski definition) is 1. The van der Waals surface area contributed by atoms with E-state index < -0.39 is 0 Å². The van der Waals surface area contributed by atoms with Crippen LogP contribution in [0.5, 0.6) is 0 Å². The predicted octanol–water partition coefficient (Wildman–Crippen LogP) is 2.79. The highest BCUT2D eigenvalue weighted by Crippen LogP contribution is 2.26. The molecule has 1 aromatic carbocycles. The number of para-hydroxylation sites is 1. The zero-order chi connectivity index (χ0) is 15.7. The van der Waals surface area contributed by atoms with Gasteiger partial charge in [-0.25, -0.2) is 9.37 Å². The summed E-state index contributed by atoms with van der Waals surface area (Å²) in [4.78, 5) is 6.69. The van der Waals surface area contributed by atoms with Gasteiger partial charge in [-0.2, -0.15) is 0 Å². The van der Waals surface area contributed by atoms with Crippen molar-refractivity contribution in [1.29, 1.82) is 0 Å². The SMILES string of the molecule is CCn1c(CN(C)CC2CCCC2O)nc2c(F)cccc21. The smallest absolute Gasteiger partial charge is 0.151 e. The molecule has 0 saturated heterocycles. The van der Waals surface area contributed by atoms with E-state index in [1.165, 1.54) is 6.07 Å². The van der Waals surface area contributed by atoms with Crippen LogP contribution in [0, 0.1) is 11.7 Å². The summed E-state index contributed by atoms with van der Waals surface area (Å²) in [6.07, 6.45) is 2.93. The molecule has 0 aliphatic heterocycles.